The summed E-state index contributed by atoms with van der Waals surface area (Å²) in [6.45, 7) is 2.45. The van der Waals surface area contributed by atoms with Gasteiger partial charge in [-0.05, 0) is 36.2 Å². The molecule has 0 spiro atoms. The molecule has 0 saturated heterocycles. The largest absolute Gasteiger partial charge is 0.351 e. The quantitative estimate of drug-likeness (QED) is 0.632. The summed E-state index contributed by atoms with van der Waals surface area (Å²) in [5, 5.41) is 3.00. The number of rotatable bonds is 7. The highest BCUT2D eigenvalue weighted by Gasteiger charge is 2.29. The molecule has 0 atom stereocenters. The Hall–Kier alpha value is -2.96. The van der Waals surface area contributed by atoms with Gasteiger partial charge in [0.2, 0.25) is 10.0 Å². The molecule has 3 aromatic carbocycles. The van der Waals surface area contributed by atoms with Crippen LogP contribution in [0.25, 0.3) is 0 Å². The minimum Gasteiger partial charge on any atom is -0.351 e. The molecule has 0 unspecified atom stereocenters. The molecule has 1 N–H and O–H groups in total. The van der Waals surface area contributed by atoms with Gasteiger partial charge in [-0.25, -0.2) is 12.7 Å². The van der Waals surface area contributed by atoms with Gasteiger partial charge < -0.3 is 5.32 Å². The zero-order chi connectivity index (χ0) is 21.8. The number of hydrogen-bond donors (Lipinski definition) is 1. The van der Waals surface area contributed by atoms with E-state index in [4.69, 9.17) is 0 Å². The second-order valence-corrected chi connectivity index (χ2v) is 9.71. The van der Waals surface area contributed by atoms with E-state index in [1.807, 2.05) is 60.7 Å². The first-order chi connectivity index (χ1) is 14.2. The van der Waals surface area contributed by atoms with Crippen molar-refractivity contribution in [1.82, 2.24) is 9.62 Å². The fraction of sp³-hybridized carbons (Fsp3) is 0.208. The molecular weight excluding hydrogens is 396 g/mol. The SMILES string of the molecule is CN(C)S(=O)(=O)c1cccc(C(=O)NCC(C)(c2ccccc2)c2ccccc2)c1. The molecule has 0 aliphatic carbocycles. The van der Waals surface area contributed by atoms with Crippen molar-refractivity contribution in [2.24, 2.45) is 0 Å². The van der Waals surface area contributed by atoms with Crippen molar-refractivity contribution in [1.29, 1.82) is 0 Å². The third-order valence-electron chi connectivity index (χ3n) is 5.30. The minimum atomic E-state index is -3.61. The number of benzene rings is 3. The van der Waals surface area contributed by atoms with Crippen molar-refractivity contribution in [2.75, 3.05) is 20.6 Å². The van der Waals surface area contributed by atoms with Crippen LogP contribution in [0.1, 0.15) is 28.4 Å². The van der Waals surface area contributed by atoms with Crippen LogP contribution in [0, 0.1) is 0 Å². The van der Waals surface area contributed by atoms with E-state index in [2.05, 4.69) is 12.2 Å². The van der Waals surface area contributed by atoms with Crippen LogP contribution in [-0.4, -0.2) is 39.3 Å². The molecule has 1 amide bonds. The third kappa shape index (κ3) is 4.45. The molecule has 0 aliphatic rings. The number of carbonyl (C=O) groups excluding carboxylic acids is 1. The molecule has 30 heavy (non-hydrogen) atoms. The van der Waals surface area contributed by atoms with Gasteiger partial charge in [-0.15, -0.1) is 0 Å². The summed E-state index contributed by atoms with van der Waals surface area (Å²) in [5.74, 6) is -0.316. The van der Waals surface area contributed by atoms with E-state index >= 15 is 0 Å². The highest BCUT2D eigenvalue weighted by atomic mass is 32.2. The van der Waals surface area contributed by atoms with Gasteiger partial charge >= 0.3 is 0 Å². The van der Waals surface area contributed by atoms with Gasteiger partial charge in [-0.1, -0.05) is 66.7 Å². The molecule has 6 heteroatoms. The van der Waals surface area contributed by atoms with Crippen LogP contribution in [-0.2, 0) is 15.4 Å². The lowest BCUT2D eigenvalue weighted by molar-refractivity contribution is 0.0947. The Bertz CT molecular complexity index is 1070. The van der Waals surface area contributed by atoms with Crippen LogP contribution in [0.5, 0.6) is 0 Å². The number of nitrogens with one attached hydrogen (secondary N) is 1. The van der Waals surface area contributed by atoms with E-state index in [0.717, 1.165) is 15.4 Å². The maximum absolute atomic E-state index is 12.9. The molecule has 0 saturated carbocycles. The third-order valence-corrected chi connectivity index (χ3v) is 7.11. The molecule has 0 fully saturated rings. The van der Waals surface area contributed by atoms with E-state index < -0.39 is 15.4 Å². The van der Waals surface area contributed by atoms with Crippen molar-refractivity contribution in [2.45, 2.75) is 17.2 Å². The fourth-order valence-electron chi connectivity index (χ4n) is 3.35. The molecule has 0 aromatic heterocycles. The van der Waals surface area contributed by atoms with E-state index in [1.165, 1.54) is 26.2 Å². The lowest BCUT2D eigenvalue weighted by atomic mass is 9.76. The van der Waals surface area contributed by atoms with E-state index in [0.29, 0.717) is 12.1 Å². The summed E-state index contributed by atoms with van der Waals surface area (Å²) in [5.41, 5.74) is 2.04. The van der Waals surface area contributed by atoms with Crippen molar-refractivity contribution in [3.05, 3.63) is 102 Å². The Balaban J connectivity index is 1.88. The standard InChI is InChI=1S/C24H26N2O3S/c1-24(20-12-6-4-7-13-20,21-14-8-5-9-15-21)18-25-23(27)19-11-10-16-22(17-19)30(28,29)26(2)3/h4-17H,18H2,1-3H3,(H,25,27). The molecule has 0 bridgehead atoms. The predicted octanol–water partition coefficient (Wildman–Crippen LogP) is 3.67. The molecule has 0 radical (unpaired) electrons. The summed E-state index contributed by atoms with van der Waals surface area (Å²) in [7, 11) is -0.678. The zero-order valence-corrected chi connectivity index (χ0v) is 18.2. The summed E-state index contributed by atoms with van der Waals surface area (Å²) in [6, 6.07) is 26.1. The second kappa shape index (κ2) is 8.81. The van der Waals surface area contributed by atoms with E-state index in [1.54, 1.807) is 12.1 Å². The van der Waals surface area contributed by atoms with Crippen molar-refractivity contribution in [3.63, 3.8) is 0 Å². The minimum absolute atomic E-state index is 0.0917. The smallest absolute Gasteiger partial charge is 0.251 e. The molecule has 3 rings (SSSR count). The van der Waals surface area contributed by atoms with E-state index in [9.17, 15) is 13.2 Å². The van der Waals surface area contributed by atoms with Gasteiger partial charge in [-0.3, -0.25) is 4.79 Å². The normalized spacial score (nSPS) is 12.0. The van der Waals surface area contributed by atoms with Gasteiger partial charge in [0.25, 0.3) is 5.91 Å². The first-order valence-electron chi connectivity index (χ1n) is 9.67. The summed E-state index contributed by atoms with van der Waals surface area (Å²) in [4.78, 5) is 13.0. The number of carbonyl (C=O) groups is 1. The first-order valence-corrected chi connectivity index (χ1v) is 11.1. The van der Waals surface area contributed by atoms with E-state index in [-0.39, 0.29) is 10.8 Å². The lowest BCUT2D eigenvalue weighted by Gasteiger charge is -2.31. The Kier molecular flexibility index (Phi) is 6.39. The Labute approximate surface area is 178 Å². The van der Waals surface area contributed by atoms with Crippen LogP contribution >= 0.6 is 0 Å². The van der Waals surface area contributed by atoms with Crippen molar-refractivity contribution in [3.8, 4) is 0 Å². The predicted molar refractivity (Wildman–Crippen MR) is 119 cm³/mol. The Morgan fingerprint density at radius 3 is 1.90 bits per heavy atom. The van der Waals surface area contributed by atoms with Gasteiger partial charge in [0.1, 0.15) is 0 Å². The van der Waals surface area contributed by atoms with Crippen LogP contribution in [0.15, 0.2) is 89.8 Å². The number of nitrogens with zero attached hydrogens (tertiary/aromatic N) is 1. The summed E-state index contributed by atoms with van der Waals surface area (Å²) in [6.07, 6.45) is 0. The van der Waals surface area contributed by atoms with Gasteiger partial charge in [0.15, 0.2) is 0 Å². The Morgan fingerprint density at radius 1 is 0.867 bits per heavy atom. The highest BCUT2D eigenvalue weighted by molar-refractivity contribution is 7.89. The van der Waals surface area contributed by atoms with Crippen molar-refractivity contribution < 1.29 is 13.2 Å². The average molecular weight is 423 g/mol. The Morgan fingerprint density at radius 2 is 1.40 bits per heavy atom. The topological polar surface area (TPSA) is 66.5 Å². The summed E-state index contributed by atoms with van der Waals surface area (Å²) < 4.78 is 25.9. The fourth-order valence-corrected chi connectivity index (χ4v) is 4.30. The molecule has 3 aromatic rings. The number of amides is 1. The maximum Gasteiger partial charge on any atom is 0.251 e. The van der Waals surface area contributed by atoms with Crippen LogP contribution in [0.4, 0.5) is 0 Å². The number of hydrogen-bond acceptors (Lipinski definition) is 3. The van der Waals surface area contributed by atoms with Crippen molar-refractivity contribution >= 4 is 15.9 Å². The number of sulfonamides is 1. The molecule has 5 nitrogen and oxygen atoms in total. The van der Waals surface area contributed by atoms with Crippen LogP contribution in [0.2, 0.25) is 0 Å². The summed E-state index contributed by atoms with van der Waals surface area (Å²) >= 11 is 0. The van der Waals surface area contributed by atoms with Crippen LogP contribution < -0.4 is 5.32 Å². The van der Waals surface area contributed by atoms with Gasteiger partial charge in [0.05, 0.1) is 4.90 Å². The maximum atomic E-state index is 12.9. The van der Waals surface area contributed by atoms with Gasteiger partial charge in [0, 0.05) is 31.6 Å². The molecule has 0 aliphatic heterocycles. The second-order valence-electron chi connectivity index (χ2n) is 7.56. The van der Waals surface area contributed by atoms with Crippen LogP contribution in [0.3, 0.4) is 0 Å². The molecule has 0 heterocycles. The zero-order valence-electron chi connectivity index (χ0n) is 17.4. The lowest BCUT2D eigenvalue weighted by Crippen LogP contribution is -2.39. The highest BCUT2D eigenvalue weighted by Crippen LogP contribution is 2.31. The van der Waals surface area contributed by atoms with Gasteiger partial charge in [-0.2, -0.15) is 0 Å². The molecule has 156 valence electrons. The monoisotopic (exact) mass is 422 g/mol. The average Bonchev–Trinajstić information content (AvgIpc) is 2.78. The first kappa shape index (κ1) is 21.7. The molecular formula is C24H26N2O3S.